The van der Waals surface area contributed by atoms with Gasteiger partial charge >= 0.3 is 0 Å². The summed E-state index contributed by atoms with van der Waals surface area (Å²) in [5.74, 6) is -0.546. The van der Waals surface area contributed by atoms with Crippen LogP contribution in [-0.2, 0) is 14.8 Å². The van der Waals surface area contributed by atoms with Gasteiger partial charge in [-0.1, -0.05) is 29.8 Å². The Bertz CT molecular complexity index is 582. The van der Waals surface area contributed by atoms with E-state index in [4.69, 9.17) is 0 Å². The third-order valence-corrected chi connectivity index (χ3v) is 4.02. The van der Waals surface area contributed by atoms with Crippen LogP contribution in [0.2, 0.25) is 0 Å². The second kappa shape index (κ2) is 3.45. The maximum atomic E-state index is 11.7. The van der Waals surface area contributed by atoms with Crippen LogP contribution < -0.4 is 4.72 Å². The highest BCUT2D eigenvalue weighted by atomic mass is 32.2. The van der Waals surface area contributed by atoms with Crippen LogP contribution in [0.25, 0.3) is 4.91 Å². The van der Waals surface area contributed by atoms with Gasteiger partial charge in [0.15, 0.2) is 0 Å². The molecule has 0 unspecified atom stereocenters. The lowest BCUT2D eigenvalue weighted by atomic mass is 10.1. The van der Waals surface area contributed by atoms with Gasteiger partial charge in [0.25, 0.3) is 15.9 Å². The van der Waals surface area contributed by atoms with Crippen molar-refractivity contribution in [2.45, 2.75) is 13.8 Å². The van der Waals surface area contributed by atoms with Crippen molar-refractivity contribution >= 4 is 20.8 Å². The second-order valence-corrected chi connectivity index (χ2v) is 5.37. The van der Waals surface area contributed by atoms with Crippen molar-refractivity contribution < 1.29 is 13.2 Å². The lowest BCUT2D eigenvalue weighted by molar-refractivity contribution is -0.115. The molecule has 0 aromatic heterocycles. The Kier molecular flexibility index (Phi) is 2.35. The normalized spacial score (nSPS) is 18.8. The maximum absolute atomic E-state index is 11.7. The molecule has 0 bridgehead atoms. The van der Waals surface area contributed by atoms with Gasteiger partial charge in [0.2, 0.25) is 0 Å². The Labute approximate surface area is 94.0 Å². The first-order valence-corrected chi connectivity index (χ1v) is 6.25. The molecule has 16 heavy (non-hydrogen) atoms. The van der Waals surface area contributed by atoms with Crippen molar-refractivity contribution in [1.82, 2.24) is 4.72 Å². The van der Waals surface area contributed by atoms with Gasteiger partial charge in [-0.05, 0) is 19.4 Å². The minimum absolute atomic E-state index is 0.0810. The molecule has 1 aromatic carbocycles. The van der Waals surface area contributed by atoms with E-state index in [1.54, 1.807) is 12.1 Å². The summed E-state index contributed by atoms with van der Waals surface area (Å²) in [6, 6.07) is 7.03. The van der Waals surface area contributed by atoms with Gasteiger partial charge in [0, 0.05) is 5.57 Å². The number of hydrogen-bond donors (Lipinski definition) is 1. The quantitative estimate of drug-likeness (QED) is 0.798. The lowest BCUT2D eigenvalue weighted by Gasteiger charge is -2.03. The van der Waals surface area contributed by atoms with Crippen molar-refractivity contribution in [3.63, 3.8) is 0 Å². The number of sulfonamides is 1. The Morgan fingerprint density at radius 3 is 2.06 bits per heavy atom. The van der Waals surface area contributed by atoms with Crippen LogP contribution in [-0.4, -0.2) is 14.3 Å². The summed E-state index contributed by atoms with van der Waals surface area (Å²) in [6.45, 7) is 3.42. The molecule has 1 aromatic rings. The summed E-state index contributed by atoms with van der Waals surface area (Å²) in [5, 5.41) is 0. The first-order chi connectivity index (χ1) is 7.42. The molecular formula is C11H11NO3S. The minimum Gasteiger partial charge on any atom is -0.269 e. The van der Waals surface area contributed by atoms with Crippen LogP contribution in [0.1, 0.15) is 18.1 Å². The zero-order valence-corrected chi connectivity index (χ0v) is 9.76. The molecule has 0 spiro atoms. The van der Waals surface area contributed by atoms with Gasteiger partial charge < -0.3 is 0 Å². The topological polar surface area (TPSA) is 63.2 Å². The number of hydrogen-bond acceptors (Lipinski definition) is 3. The van der Waals surface area contributed by atoms with Crippen LogP contribution in [0, 0.1) is 6.92 Å². The molecule has 5 heteroatoms. The minimum atomic E-state index is -3.67. The SMILES string of the molecule is CC1=C(c2ccc(C)cc2)S(=O)(=O)NC1=O. The standard InChI is InChI=1S/C11H11NO3S/c1-7-3-5-9(6-4-7)10-8(2)11(13)12-16(10,14)15/h3-6H,1-2H3,(H,12,13). The Balaban J connectivity index is 2.64. The average Bonchev–Trinajstić information content (AvgIpc) is 2.39. The van der Waals surface area contributed by atoms with Crippen molar-refractivity contribution in [2.24, 2.45) is 0 Å². The third-order valence-electron chi connectivity index (χ3n) is 2.49. The number of nitrogens with one attached hydrogen (secondary N) is 1. The molecule has 0 aliphatic carbocycles. The average molecular weight is 237 g/mol. The summed E-state index contributed by atoms with van der Waals surface area (Å²) < 4.78 is 25.3. The van der Waals surface area contributed by atoms with E-state index < -0.39 is 15.9 Å². The molecule has 0 saturated carbocycles. The van der Waals surface area contributed by atoms with Crippen LogP contribution in [0.3, 0.4) is 0 Å². The van der Waals surface area contributed by atoms with Gasteiger partial charge in [0.1, 0.15) is 4.91 Å². The molecule has 4 nitrogen and oxygen atoms in total. The van der Waals surface area contributed by atoms with E-state index in [0.717, 1.165) is 5.56 Å². The first kappa shape index (κ1) is 10.9. The van der Waals surface area contributed by atoms with Crippen molar-refractivity contribution in [3.05, 3.63) is 41.0 Å². The van der Waals surface area contributed by atoms with Crippen molar-refractivity contribution in [2.75, 3.05) is 0 Å². The fourth-order valence-corrected chi connectivity index (χ4v) is 3.07. The molecule has 1 amide bonds. The van der Waals surface area contributed by atoms with Crippen LogP contribution >= 0.6 is 0 Å². The zero-order valence-electron chi connectivity index (χ0n) is 8.94. The smallest absolute Gasteiger partial charge is 0.265 e. The Hall–Kier alpha value is -1.62. The molecule has 0 fully saturated rings. The number of aryl methyl sites for hydroxylation is 1. The summed E-state index contributed by atoms with van der Waals surface area (Å²) in [5.41, 5.74) is 1.82. The van der Waals surface area contributed by atoms with Crippen molar-refractivity contribution in [3.8, 4) is 0 Å². The monoisotopic (exact) mass is 237 g/mol. The number of benzene rings is 1. The summed E-state index contributed by atoms with van der Waals surface area (Å²) in [7, 11) is -3.67. The predicted molar refractivity (Wildman–Crippen MR) is 60.8 cm³/mol. The van der Waals surface area contributed by atoms with Gasteiger partial charge in [-0.2, -0.15) is 0 Å². The molecule has 1 N–H and O–H groups in total. The Morgan fingerprint density at radius 1 is 1.06 bits per heavy atom. The molecular weight excluding hydrogens is 226 g/mol. The highest BCUT2D eigenvalue weighted by Crippen LogP contribution is 2.28. The zero-order chi connectivity index (χ0) is 11.9. The summed E-state index contributed by atoms with van der Waals surface area (Å²) >= 11 is 0. The molecule has 0 atom stereocenters. The molecule has 2 rings (SSSR count). The van der Waals surface area contributed by atoms with Crippen LogP contribution in [0.4, 0.5) is 0 Å². The molecule has 0 saturated heterocycles. The van der Waals surface area contributed by atoms with E-state index in [2.05, 4.69) is 0 Å². The number of carbonyl (C=O) groups excluding carboxylic acids is 1. The maximum Gasteiger partial charge on any atom is 0.265 e. The van der Waals surface area contributed by atoms with Gasteiger partial charge in [-0.15, -0.1) is 0 Å². The second-order valence-electron chi connectivity index (χ2n) is 3.75. The number of rotatable bonds is 1. The highest BCUT2D eigenvalue weighted by Gasteiger charge is 2.33. The Morgan fingerprint density at radius 2 is 1.62 bits per heavy atom. The fraction of sp³-hybridized carbons (Fsp3) is 0.182. The van der Waals surface area contributed by atoms with E-state index >= 15 is 0 Å². The molecule has 0 radical (unpaired) electrons. The van der Waals surface area contributed by atoms with E-state index in [1.807, 2.05) is 23.8 Å². The summed E-state index contributed by atoms with van der Waals surface area (Å²) in [6.07, 6.45) is 0. The van der Waals surface area contributed by atoms with Crippen LogP contribution in [0.15, 0.2) is 29.8 Å². The fourth-order valence-electron chi connectivity index (χ4n) is 1.63. The van der Waals surface area contributed by atoms with E-state index in [0.29, 0.717) is 5.56 Å². The lowest BCUT2D eigenvalue weighted by Crippen LogP contribution is -2.22. The predicted octanol–water partition coefficient (Wildman–Crippen LogP) is 1.19. The third kappa shape index (κ3) is 1.63. The van der Waals surface area contributed by atoms with E-state index in [-0.39, 0.29) is 10.5 Å². The van der Waals surface area contributed by atoms with Gasteiger partial charge in [-0.25, -0.2) is 13.1 Å². The summed E-state index contributed by atoms with van der Waals surface area (Å²) in [4.78, 5) is 11.4. The first-order valence-electron chi connectivity index (χ1n) is 4.77. The number of carbonyl (C=O) groups is 1. The van der Waals surface area contributed by atoms with Crippen LogP contribution in [0.5, 0.6) is 0 Å². The van der Waals surface area contributed by atoms with Crippen molar-refractivity contribution in [1.29, 1.82) is 0 Å². The molecule has 1 aliphatic heterocycles. The highest BCUT2D eigenvalue weighted by molar-refractivity contribution is 8.00. The van der Waals surface area contributed by atoms with Gasteiger partial charge in [-0.3, -0.25) is 4.79 Å². The molecule has 84 valence electrons. The largest absolute Gasteiger partial charge is 0.269 e. The van der Waals surface area contributed by atoms with E-state index in [9.17, 15) is 13.2 Å². The number of amides is 1. The van der Waals surface area contributed by atoms with Gasteiger partial charge in [0.05, 0.1) is 0 Å². The molecule has 1 aliphatic rings. The molecule has 1 heterocycles. The van der Waals surface area contributed by atoms with E-state index in [1.165, 1.54) is 6.92 Å².